The van der Waals surface area contributed by atoms with Gasteiger partial charge in [0.25, 0.3) is 0 Å². The van der Waals surface area contributed by atoms with Crippen molar-refractivity contribution in [2.75, 3.05) is 0 Å². The first-order chi connectivity index (χ1) is 20.0. The Bertz CT molecular complexity index is 1860. The van der Waals surface area contributed by atoms with Gasteiger partial charge in [-0.05, 0) is 75.7 Å². The van der Waals surface area contributed by atoms with Gasteiger partial charge >= 0.3 is 29.0 Å². The number of nitrogens with zero attached hydrogens (tertiary/aromatic N) is 4. The van der Waals surface area contributed by atoms with Crippen LogP contribution in [0.1, 0.15) is 98.4 Å². The van der Waals surface area contributed by atoms with E-state index in [2.05, 4.69) is 33.8 Å². The summed E-state index contributed by atoms with van der Waals surface area (Å²) in [6.07, 6.45) is 2.23. The predicted molar refractivity (Wildman–Crippen MR) is 166 cm³/mol. The molecule has 5 rings (SSSR count). The molecular weight excluding hydrogens is 592 g/mol. The van der Waals surface area contributed by atoms with Crippen LogP contribution < -0.4 is 9.97 Å². The number of carbonyl (C=O) groups is 2. The molecule has 0 unspecified atom stereocenters. The summed E-state index contributed by atoms with van der Waals surface area (Å²) in [5, 5.41) is 18.9. The van der Waals surface area contributed by atoms with Crippen LogP contribution in [0.2, 0.25) is 0 Å². The monoisotopic (exact) mass is 627 g/mol. The van der Waals surface area contributed by atoms with E-state index in [1.165, 1.54) is 5.56 Å². The summed E-state index contributed by atoms with van der Waals surface area (Å²) in [5.74, 6) is -1.76. The fourth-order valence-electron chi connectivity index (χ4n) is 6.06. The van der Waals surface area contributed by atoms with Gasteiger partial charge in [0.05, 0.1) is 22.8 Å². The first kappa shape index (κ1) is 32.0. The van der Waals surface area contributed by atoms with Crippen molar-refractivity contribution in [3.05, 3.63) is 69.3 Å². The Kier molecular flexibility index (Phi) is 9.47. The zero-order chi connectivity index (χ0) is 30.3. The number of carboxylic acids is 2. The minimum absolute atomic E-state index is 0. The minimum Gasteiger partial charge on any atom is -0.657 e. The normalized spacial score (nSPS) is 13.0. The Hall–Kier alpha value is -3.94. The second kappa shape index (κ2) is 12.7. The topological polar surface area (TPSA) is 129 Å². The van der Waals surface area contributed by atoms with Crippen LogP contribution in [0, 0.1) is 13.8 Å². The van der Waals surface area contributed by atoms with Gasteiger partial charge in [-0.2, -0.15) is 0 Å². The molecule has 2 aliphatic heterocycles. The molecule has 9 heteroatoms. The zero-order valence-corrected chi connectivity index (χ0v) is 26.3. The number of hydrogen-bond acceptors (Lipinski definition) is 4. The van der Waals surface area contributed by atoms with Crippen LogP contribution in [0.5, 0.6) is 0 Å². The van der Waals surface area contributed by atoms with E-state index in [-0.39, 0.29) is 29.9 Å². The van der Waals surface area contributed by atoms with Crippen LogP contribution in [-0.4, -0.2) is 32.1 Å². The number of rotatable bonds is 8. The number of aliphatic carboxylic acids is 2. The largest absolute Gasteiger partial charge is 2.00 e. The third-order valence-electron chi connectivity index (χ3n) is 8.53. The van der Waals surface area contributed by atoms with E-state index in [0.29, 0.717) is 24.1 Å². The molecular formula is C34H36CuN4O4. The van der Waals surface area contributed by atoms with Crippen molar-refractivity contribution in [2.24, 2.45) is 0 Å². The molecule has 0 aromatic carbocycles. The molecule has 3 aromatic rings. The van der Waals surface area contributed by atoms with E-state index >= 15 is 0 Å². The fraction of sp³-hybridized carbons (Fsp3) is 0.353. The molecule has 3 aromatic heterocycles. The maximum absolute atomic E-state index is 11.5. The Labute approximate surface area is 261 Å². The summed E-state index contributed by atoms with van der Waals surface area (Å²) in [4.78, 5) is 43.1. The number of hydrogen-bond donors (Lipinski definition) is 2. The molecule has 0 amide bonds. The molecule has 0 fully saturated rings. The van der Waals surface area contributed by atoms with Gasteiger partial charge in [-0.15, -0.1) is 22.1 Å². The van der Waals surface area contributed by atoms with Crippen LogP contribution in [0.4, 0.5) is 0 Å². The Balaban J connectivity index is 0.00000423. The zero-order valence-electron chi connectivity index (χ0n) is 25.4. The van der Waals surface area contributed by atoms with Gasteiger partial charge in [0.15, 0.2) is 0 Å². The summed E-state index contributed by atoms with van der Waals surface area (Å²) >= 11 is 0. The third kappa shape index (κ3) is 6.10. The van der Waals surface area contributed by atoms with E-state index in [4.69, 9.17) is 19.9 Å². The van der Waals surface area contributed by atoms with Gasteiger partial charge in [-0.3, -0.25) is 9.59 Å². The van der Waals surface area contributed by atoms with Crippen LogP contribution in [0.15, 0.2) is 24.3 Å². The van der Waals surface area contributed by atoms with Crippen molar-refractivity contribution in [1.82, 2.24) is 19.9 Å². The van der Waals surface area contributed by atoms with Gasteiger partial charge in [0, 0.05) is 12.8 Å². The number of fused-ring (bicyclic) bond motifs is 8. The molecule has 5 heterocycles. The number of aromatic nitrogens is 4. The average molecular weight is 628 g/mol. The SMILES string of the molecule is CCC1=C(C)c2cc3[n-]c(cc4nc(cc5[n-]c(cc1n2)c(C)c5CCC(=O)O)C(CCC(=O)O)=C4C)c(C)c3CC.[Cu+2]. The van der Waals surface area contributed by atoms with Crippen molar-refractivity contribution in [1.29, 1.82) is 0 Å². The average Bonchev–Trinajstić information content (AvgIpc) is 3.59. The standard InChI is InChI=1S/C34H38N4O4.Cu/c1-7-21-17(3)25-13-26-19(5)23(9-11-33(39)40)31(37-26)16-32-24(10-12-34(41)42)20(6)28(38-32)15-30-22(8-2)18(4)27(36-30)14-29(21)35-25;/h13-16H,7-12H2,1-6H3,(H4,35,36,37,38,39,40,41,42);/q;+2/p-2. The van der Waals surface area contributed by atoms with Gasteiger partial charge in [0.1, 0.15) is 0 Å². The van der Waals surface area contributed by atoms with Gasteiger partial charge in [-0.25, -0.2) is 9.97 Å². The van der Waals surface area contributed by atoms with Crippen molar-refractivity contribution >= 4 is 56.3 Å². The van der Waals surface area contributed by atoms with E-state index < -0.39 is 11.9 Å². The molecule has 8 bridgehead atoms. The van der Waals surface area contributed by atoms with E-state index in [1.54, 1.807) is 0 Å². The Morgan fingerprint density at radius 2 is 1.07 bits per heavy atom. The number of carboxylic acid groups (broad SMARTS) is 2. The molecule has 43 heavy (non-hydrogen) atoms. The maximum Gasteiger partial charge on any atom is 2.00 e. The molecule has 0 aliphatic carbocycles. The molecule has 0 saturated carbocycles. The second-order valence-corrected chi connectivity index (χ2v) is 11.0. The summed E-state index contributed by atoms with van der Waals surface area (Å²) in [5.41, 5.74) is 14.3. The molecule has 2 aliphatic rings. The van der Waals surface area contributed by atoms with E-state index in [9.17, 15) is 19.8 Å². The van der Waals surface area contributed by atoms with Crippen molar-refractivity contribution in [2.45, 2.75) is 80.1 Å². The van der Waals surface area contributed by atoms with Gasteiger partial charge in [-0.1, -0.05) is 60.4 Å². The third-order valence-corrected chi connectivity index (χ3v) is 8.53. The molecule has 1 radical (unpaired) electrons. The van der Waals surface area contributed by atoms with Crippen molar-refractivity contribution in [3.8, 4) is 0 Å². The first-order valence-corrected chi connectivity index (χ1v) is 14.5. The molecule has 0 atom stereocenters. The van der Waals surface area contributed by atoms with Crippen molar-refractivity contribution < 1.29 is 36.9 Å². The quantitative estimate of drug-likeness (QED) is 0.258. The predicted octanol–water partition coefficient (Wildman–Crippen LogP) is 6.90. The summed E-state index contributed by atoms with van der Waals surface area (Å²) in [6.45, 7) is 12.3. The summed E-state index contributed by atoms with van der Waals surface area (Å²) in [6, 6.07) is 7.93. The fourth-order valence-corrected chi connectivity index (χ4v) is 6.06. The summed E-state index contributed by atoms with van der Waals surface area (Å²) < 4.78 is 0. The van der Waals surface area contributed by atoms with Crippen LogP contribution in [-0.2, 0) is 39.5 Å². The first-order valence-electron chi connectivity index (χ1n) is 14.5. The Morgan fingerprint density at radius 3 is 1.63 bits per heavy atom. The Morgan fingerprint density at radius 1 is 0.628 bits per heavy atom. The second-order valence-electron chi connectivity index (χ2n) is 11.0. The number of aryl methyl sites for hydroxylation is 4. The van der Waals surface area contributed by atoms with E-state index in [0.717, 1.165) is 85.5 Å². The van der Waals surface area contributed by atoms with E-state index in [1.807, 2.05) is 32.0 Å². The minimum atomic E-state index is -0.878. The molecule has 8 nitrogen and oxygen atoms in total. The van der Waals surface area contributed by atoms with Gasteiger partial charge < -0.3 is 20.2 Å². The maximum atomic E-state index is 11.5. The van der Waals surface area contributed by atoms with Gasteiger partial charge in [0.2, 0.25) is 0 Å². The smallest absolute Gasteiger partial charge is 0.657 e. The number of allylic oxidation sites excluding steroid dienone is 4. The molecule has 0 saturated heterocycles. The molecule has 227 valence electrons. The van der Waals surface area contributed by atoms with Crippen LogP contribution in [0.3, 0.4) is 0 Å². The van der Waals surface area contributed by atoms with Crippen molar-refractivity contribution in [3.63, 3.8) is 0 Å². The van der Waals surface area contributed by atoms with Crippen LogP contribution >= 0.6 is 0 Å². The summed E-state index contributed by atoms with van der Waals surface area (Å²) in [7, 11) is 0. The van der Waals surface area contributed by atoms with Crippen LogP contribution in [0.25, 0.3) is 44.4 Å². The molecule has 0 spiro atoms. The molecule has 2 N–H and O–H groups in total.